The molecule has 1 aliphatic heterocycles. The molecule has 2 amide bonds. The molecule has 6 heteroatoms. The molecule has 0 atom stereocenters. The first kappa shape index (κ1) is 18.0. The Morgan fingerprint density at radius 1 is 1.04 bits per heavy atom. The van der Waals surface area contributed by atoms with Crippen LogP contribution in [-0.2, 0) is 11.2 Å². The van der Waals surface area contributed by atoms with Crippen LogP contribution in [0, 0.1) is 0 Å². The van der Waals surface area contributed by atoms with Crippen molar-refractivity contribution in [3.05, 3.63) is 54.0 Å². The molecule has 6 nitrogen and oxygen atoms in total. The molecule has 26 heavy (non-hydrogen) atoms. The summed E-state index contributed by atoms with van der Waals surface area (Å²) in [5, 5.41) is 0. The second kappa shape index (κ2) is 8.56. The van der Waals surface area contributed by atoms with Crippen molar-refractivity contribution in [1.29, 1.82) is 0 Å². The van der Waals surface area contributed by atoms with E-state index in [4.69, 9.17) is 9.15 Å². The molecule has 1 aromatic carbocycles. The van der Waals surface area contributed by atoms with Gasteiger partial charge in [0, 0.05) is 32.6 Å². The molecular weight excluding hydrogens is 332 g/mol. The number of benzene rings is 1. The average molecular weight is 356 g/mol. The molecule has 1 aliphatic rings. The Balaban J connectivity index is 1.50. The molecule has 2 aromatic rings. The number of carbonyl (C=O) groups is 2. The van der Waals surface area contributed by atoms with Gasteiger partial charge in [0.1, 0.15) is 5.75 Å². The standard InChI is InChI=1S/C20H24N2O4/c1-25-17-8-5-16(6-9-17)7-10-19(23)21-11-3-12-22(14-13-21)20(24)18-4-2-15-26-18/h2,4-6,8-9,15H,3,7,10-14H2,1H3. The van der Waals surface area contributed by atoms with Crippen molar-refractivity contribution < 1.29 is 18.7 Å². The number of aryl methyl sites for hydroxylation is 1. The summed E-state index contributed by atoms with van der Waals surface area (Å²) < 4.78 is 10.3. The summed E-state index contributed by atoms with van der Waals surface area (Å²) in [5.41, 5.74) is 1.11. The number of furan rings is 1. The van der Waals surface area contributed by atoms with Crippen molar-refractivity contribution in [1.82, 2.24) is 9.80 Å². The Morgan fingerprint density at radius 2 is 1.77 bits per heavy atom. The van der Waals surface area contributed by atoms with Crippen LogP contribution in [0.2, 0.25) is 0 Å². The maximum Gasteiger partial charge on any atom is 0.289 e. The van der Waals surface area contributed by atoms with Gasteiger partial charge in [0.05, 0.1) is 13.4 Å². The van der Waals surface area contributed by atoms with Crippen LogP contribution in [0.4, 0.5) is 0 Å². The number of amides is 2. The molecule has 0 N–H and O–H groups in total. The lowest BCUT2D eigenvalue weighted by Gasteiger charge is -2.21. The maximum absolute atomic E-state index is 12.5. The van der Waals surface area contributed by atoms with Crippen LogP contribution in [0.5, 0.6) is 5.75 Å². The average Bonchev–Trinajstić information content (AvgIpc) is 3.10. The summed E-state index contributed by atoms with van der Waals surface area (Å²) in [4.78, 5) is 28.5. The van der Waals surface area contributed by atoms with E-state index in [1.165, 1.54) is 6.26 Å². The van der Waals surface area contributed by atoms with E-state index < -0.39 is 0 Å². The Bertz CT molecular complexity index is 725. The van der Waals surface area contributed by atoms with Crippen LogP contribution in [0.15, 0.2) is 47.1 Å². The highest BCUT2D eigenvalue weighted by atomic mass is 16.5. The lowest BCUT2D eigenvalue weighted by Crippen LogP contribution is -2.37. The molecule has 0 spiro atoms. The smallest absolute Gasteiger partial charge is 0.289 e. The molecule has 0 unspecified atom stereocenters. The highest BCUT2D eigenvalue weighted by molar-refractivity contribution is 5.91. The fraction of sp³-hybridized carbons (Fsp3) is 0.400. The van der Waals surface area contributed by atoms with Crippen LogP contribution < -0.4 is 4.74 Å². The maximum atomic E-state index is 12.5. The number of hydrogen-bond acceptors (Lipinski definition) is 4. The van der Waals surface area contributed by atoms with Crippen molar-refractivity contribution in [3.8, 4) is 5.75 Å². The third-order valence-electron chi connectivity index (χ3n) is 4.65. The molecule has 1 fully saturated rings. The number of carbonyl (C=O) groups excluding carboxylic acids is 2. The van der Waals surface area contributed by atoms with E-state index >= 15 is 0 Å². The van der Waals surface area contributed by atoms with E-state index in [1.807, 2.05) is 29.2 Å². The van der Waals surface area contributed by atoms with Gasteiger partial charge < -0.3 is 19.0 Å². The van der Waals surface area contributed by atoms with E-state index in [2.05, 4.69) is 0 Å². The van der Waals surface area contributed by atoms with Crippen LogP contribution in [0.3, 0.4) is 0 Å². The van der Waals surface area contributed by atoms with Gasteiger partial charge in [0.2, 0.25) is 5.91 Å². The van der Waals surface area contributed by atoms with Gasteiger partial charge in [-0.3, -0.25) is 9.59 Å². The number of ether oxygens (including phenoxy) is 1. The normalized spacial score (nSPS) is 14.8. The van der Waals surface area contributed by atoms with E-state index in [0.29, 0.717) is 44.8 Å². The highest BCUT2D eigenvalue weighted by Crippen LogP contribution is 2.14. The van der Waals surface area contributed by atoms with Crippen molar-refractivity contribution in [2.24, 2.45) is 0 Å². The molecule has 0 bridgehead atoms. The topological polar surface area (TPSA) is 63.0 Å². The van der Waals surface area contributed by atoms with Crippen LogP contribution >= 0.6 is 0 Å². The monoisotopic (exact) mass is 356 g/mol. The van der Waals surface area contributed by atoms with Crippen molar-refractivity contribution in [3.63, 3.8) is 0 Å². The van der Waals surface area contributed by atoms with E-state index in [1.54, 1.807) is 24.1 Å². The van der Waals surface area contributed by atoms with E-state index in [0.717, 1.165) is 17.7 Å². The summed E-state index contributed by atoms with van der Waals surface area (Å²) in [5.74, 6) is 1.19. The second-order valence-electron chi connectivity index (χ2n) is 6.35. The molecule has 138 valence electrons. The zero-order valence-electron chi connectivity index (χ0n) is 15.0. The largest absolute Gasteiger partial charge is 0.497 e. The van der Waals surface area contributed by atoms with Gasteiger partial charge in [0.15, 0.2) is 5.76 Å². The molecule has 1 aromatic heterocycles. The highest BCUT2D eigenvalue weighted by Gasteiger charge is 2.23. The molecule has 3 rings (SSSR count). The SMILES string of the molecule is COc1ccc(CCC(=O)N2CCCN(C(=O)c3ccco3)CC2)cc1. The zero-order chi connectivity index (χ0) is 18.4. The fourth-order valence-corrected chi connectivity index (χ4v) is 3.13. The van der Waals surface area contributed by atoms with Crippen molar-refractivity contribution in [2.75, 3.05) is 33.3 Å². The molecular formula is C20H24N2O4. The Morgan fingerprint density at radius 3 is 2.46 bits per heavy atom. The van der Waals surface area contributed by atoms with E-state index in [9.17, 15) is 9.59 Å². The number of nitrogens with zero attached hydrogens (tertiary/aromatic N) is 2. The fourth-order valence-electron chi connectivity index (χ4n) is 3.13. The minimum atomic E-state index is -0.109. The van der Waals surface area contributed by atoms with Crippen molar-refractivity contribution >= 4 is 11.8 Å². The molecule has 2 heterocycles. The van der Waals surface area contributed by atoms with Crippen molar-refractivity contribution in [2.45, 2.75) is 19.3 Å². The minimum Gasteiger partial charge on any atom is -0.497 e. The Kier molecular flexibility index (Phi) is 5.94. The lowest BCUT2D eigenvalue weighted by atomic mass is 10.1. The van der Waals surface area contributed by atoms with Gasteiger partial charge >= 0.3 is 0 Å². The second-order valence-corrected chi connectivity index (χ2v) is 6.35. The van der Waals surface area contributed by atoms with Gasteiger partial charge in [0.25, 0.3) is 5.91 Å². The van der Waals surface area contributed by atoms with Gasteiger partial charge in [-0.05, 0) is 42.7 Å². The predicted molar refractivity (Wildman–Crippen MR) is 97.1 cm³/mol. The van der Waals surface area contributed by atoms with Crippen LogP contribution in [-0.4, -0.2) is 54.9 Å². The summed E-state index contributed by atoms with van der Waals surface area (Å²) in [7, 11) is 1.64. The number of methoxy groups -OCH3 is 1. The number of hydrogen-bond donors (Lipinski definition) is 0. The lowest BCUT2D eigenvalue weighted by molar-refractivity contribution is -0.131. The molecule has 0 aliphatic carbocycles. The van der Waals surface area contributed by atoms with Gasteiger partial charge in [-0.1, -0.05) is 12.1 Å². The Hall–Kier alpha value is -2.76. The summed E-state index contributed by atoms with van der Waals surface area (Å²) in [6, 6.07) is 11.2. The predicted octanol–water partition coefficient (Wildman–Crippen LogP) is 2.60. The quantitative estimate of drug-likeness (QED) is 0.826. The van der Waals surface area contributed by atoms with Crippen LogP contribution in [0.25, 0.3) is 0 Å². The molecule has 0 saturated carbocycles. The Labute approximate surface area is 153 Å². The molecule has 0 radical (unpaired) electrons. The first-order chi connectivity index (χ1) is 12.7. The van der Waals surface area contributed by atoms with Gasteiger partial charge in [-0.2, -0.15) is 0 Å². The van der Waals surface area contributed by atoms with Gasteiger partial charge in [-0.25, -0.2) is 0 Å². The third kappa shape index (κ3) is 4.45. The van der Waals surface area contributed by atoms with Gasteiger partial charge in [-0.15, -0.1) is 0 Å². The first-order valence-electron chi connectivity index (χ1n) is 8.91. The molecule has 1 saturated heterocycles. The first-order valence-corrected chi connectivity index (χ1v) is 8.91. The zero-order valence-corrected chi connectivity index (χ0v) is 15.0. The summed E-state index contributed by atoms with van der Waals surface area (Å²) in [6.07, 6.45) is 3.45. The third-order valence-corrected chi connectivity index (χ3v) is 4.65. The van der Waals surface area contributed by atoms with E-state index in [-0.39, 0.29) is 11.8 Å². The minimum absolute atomic E-state index is 0.109. The van der Waals surface area contributed by atoms with Crippen LogP contribution in [0.1, 0.15) is 29.0 Å². The summed E-state index contributed by atoms with van der Waals surface area (Å²) in [6.45, 7) is 2.42. The number of rotatable bonds is 5. The summed E-state index contributed by atoms with van der Waals surface area (Å²) >= 11 is 0.